The molecule has 0 aromatic carbocycles. The number of hydrogen-bond donors (Lipinski definition) is 3. The van der Waals surface area contributed by atoms with E-state index < -0.39 is 0 Å². The minimum atomic E-state index is -0.0956. The summed E-state index contributed by atoms with van der Waals surface area (Å²) >= 11 is 0. The van der Waals surface area contributed by atoms with E-state index in [4.69, 9.17) is 0 Å². The van der Waals surface area contributed by atoms with Crippen LogP contribution in [0.5, 0.6) is 0 Å². The zero-order valence-corrected chi connectivity index (χ0v) is 10.4. The number of aliphatic imine (C=N–C) groups is 1. The molecule has 1 fully saturated rings. The molecule has 0 spiro atoms. The van der Waals surface area contributed by atoms with Gasteiger partial charge in [0.1, 0.15) is 0 Å². The van der Waals surface area contributed by atoms with Crippen molar-refractivity contribution in [2.45, 2.75) is 36.9 Å². The molecule has 1 atom stereocenters. The van der Waals surface area contributed by atoms with Crippen LogP contribution in [0.15, 0.2) is 4.99 Å². The van der Waals surface area contributed by atoms with Gasteiger partial charge in [-0.05, 0) is 46.8 Å². The number of rotatable bonds is 5. The van der Waals surface area contributed by atoms with E-state index in [-0.39, 0.29) is 11.2 Å². The lowest BCUT2D eigenvalue weighted by Gasteiger charge is -2.47. The van der Waals surface area contributed by atoms with Crippen LogP contribution in [-0.2, 0) is 4.79 Å². The van der Waals surface area contributed by atoms with Gasteiger partial charge in [-0.2, -0.15) is 0 Å². The van der Waals surface area contributed by atoms with E-state index in [1.807, 2.05) is 21.1 Å². The maximum atomic E-state index is 10.3. The number of isocyanates is 1. The minimum Gasteiger partial charge on any atom is -0.312 e. The summed E-state index contributed by atoms with van der Waals surface area (Å²) in [5, 5.41) is 10.0. The maximum Gasteiger partial charge on any atom is 0.235 e. The Balaban J connectivity index is 2.82. The molecule has 0 heterocycles. The predicted octanol–water partition coefficient (Wildman–Crippen LogP) is -0.0105. The zero-order chi connectivity index (χ0) is 12.1. The number of likely N-dealkylation sites (N-methyl/N-ethyl adjacent to an activating group) is 1. The summed E-state index contributed by atoms with van der Waals surface area (Å²) in [6.45, 7) is 0.498. The fraction of sp³-hybridized carbons (Fsp3) is 0.909. The van der Waals surface area contributed by atoms with E-state index in [2.05, 4.69) is 20.9 Å². The molecule has 1 rings (SSSR count). The molecule has 1 aliphatic carbocycles. The molecule has 0 saturated heterocycles. The first kappa shape index (κ1) is 13.3. The fourth-order valence-corrected chi connectivity index (χ4v) is 2.65. The molecule has 1 saturated carbocycles. The van der Waals surface area contributed by atoms with Gasteiger partial charge in [0.25, 0.3) is 0 Å². The highest BCUT2D eigenvalue weighted by atomic mass is 16.1. The van der Waals surface area contributed by atoms with Gasteiger partial charge < -0.3 is 16.0 Å². The van der Waals surface area contributed by atoms with Gasteiger partial charge in [0.2, 0.25) is 6.08 Å². The minimum absolute atomic E-state index is 0.0559. The highest BCUT2D eigenvalue weighted by molar-refractivity contribution is 5.33. The Morgan fingerprint density at radius 2 is 1.88 bits per heavy atom. The standard InChI is InChI=1S/C11H22N4O/c1-12-10(8-15-9-16)5-4-6-11(7-10,13-2)14-3/h12-14H,4-8H2,1-3H3. The third-order valence-electron chi connectivity index (χ3n) is 3.83. The highest BCUT2D eigenvalue weighted by Crippen LogP contribution is 2.33. The van der Waals surface area contributed by atoms with Crippen LogP contribution in [0.25, 0.3) is 0 Å². The molecule has 0 bridgehead atoms. The summed E-state index contributed by atoms with van der Waals surface area (Å²) in [7, 11) is 5.86. The molecular weight excluding hydrogens is 204 g/mol. The third kappa shape index (κ3) is 2.68. The molecule has 0 aromatic heterocycles. The van der Waals surface area contributed by atoms with Gasteiger partial charge in [0.15, 0.2) is 0 Å². The summed E-state index contributed by atoms with van der Waals surface area (Å²) in [5.74, 6) is 0. The van der Waals surface area contributed by atoms with E-state index in [0.29, 0.717) is 6.54 Å². The van der Waals surface area contributed by atoms with Crippen LogP contribution in [0.3, 0.4) is 0 Å². The molecule has 1 aliphatic rings. The number of hydrogen-bond acceptors (Lipinski definition) is 5. The van der Waals surface area contributed by atoms with Crippen LogP contribution in [-0.4, -0.2) is 45.0 Å². The van der Waals surface area contributed by atoms with Crippen LogP contribution in [0.2, 0.25) is 0 Å². The summed E-state index contributed by atoms with van der Waals surface area (Å²) in [6, 6.07) is 0. The molecular formula is C11H22N4O. The molecule has 5 nitrogen and oxygen atoms in total. The van der Waals surface area contributed by atoms with Gasteiger partial charge in [0, 0.05) is 5.54 Å². The lowest BCUT2D eigenvalue weighted by Crippen LogP contribution is -2.64. The van der Waals surface area contributed by atoms with E-state index in [1.54, 1.807) is 6.08 Å². The first-order valence-electron chi connectivity index (χ1n) is 5.76. The SMILES string of the molecule is CNC1(CN=C=O)CCCC(NC)(NC)C1. The molecule has 16 heavy (non-hydrogen) atoms. The molecule has 0 aromatic rings. The highest BCUT2D eigenvalue weighted by Gasteiger charge is 2.42. The van der Waals surface area contributed by atoms with Crippen LogP contribution in [0.1, 0.15) is 25.7 Å². The lowest BCUT2D eigenvalue weighted by molar-refractivity contribution is 0.119. The average Bonchev–Trinajstić information content (AvgIpc) is 2.36. The monoisotopic (exact) mass is 226 g/mol. The Hall–Kier alpha value is -0.740. The second-order valence-corrected chi connectivity index (χ2v) is 4.55. The van der Waals surface area contributed by atoms with Gasteiger partial charge in [0.05, 0.1) is 12.2 Å². The Morgan fingerprint density at radius 1 is 1.19 bits per heavy atom. The van der Waals surface area contributed by atoms with Gasteiger partial charge in [-0.3, -0.25) is 0 Å². The summed E-state index contributed by atoms with van der Waals surface area (Å²) < 4.78 is 0. The maximum absolute atomic E-state index is 10.3. The largest absolute Gasteiger partial charge is 0.312 e. The molecule has 0 radical (unpaired) electrons. The van der Waals surface area contributed by atoms with Crippen molar-refractivity contribution >= 4 is 6.08 Å². The molecule has 1 unspecified atom stereocenters. The van der Waals surface area contributed by atoms with Gasteiger partial charge in [-0.25, -0.2) is 9.79 Å². The number of nitrogens with zero attached hydrogens (tertiary/aromatic N) is 1. The predicted molar refractivity (Wildman–Crippen MR) is 64.1 cm³/mol. The second-order valence-electron chi connectivity index (χ2n) is 4.55. The van der Waals surface area contributed by atoms with Gasteiger partial charge >= 0.3 is 0 Å². The molecule has 5 heteroatoms. The first-order chi connectivity index (χ1) is 7.66. The fourth-order valence-electron chi connectivity index (χ4n) is 2.65. The van der Waals surface area contributed by atoms with Crippen molar-refractivity contribution in [2.24, 2.45) is 4.99 Å². The Bertz CT molecular complexity index is 271. The normalized spacial score (nSPS) is 28.4. The van der Waals surface area contributed by atoms with Gasteiger partial charge in [-0.15, -0.1) is 0 Å². The van der Waals surface area contributed by atoms with Crippen LogP contribution in [0.4, 0.5) is 0 Å². The van der Waals surface area contributed by atoms with E-state index in [0.717, 1.165) is 25.7 Å². The number of carbonyl (C=O) groups excluding carboxylic acids is 1. The van der Waals surface area contributed by atoms with Crippen LogP contribution >= 0.6 is 0 Å². The lowest BCUT2D eigenvalue weighted by atomic mass is 9.75. The Labute approximate surface area is 97.1 Å². The average molecular weight is 226 g/mol. The zero-order valence-electron chi connectivity index (χ0n) is 10.4. The number of nitrogens with one attached hydrogen (secondary N) is 3. The second kappa shape index (κ2) is 5.55. The molecule has 0 amide bonds. The summed E-state index contributed by atoms with van der Waals surface area (Å²) in [5.41, 5.74) is -0.151. The third-order valence-corrected chi connectivity index (χ3v) is 3.83. The Morgan fingerprint density at radius 3 is 2.38 bits per heavy atom. The summed E-state index contributed by atoms with van der Waals surface area (Å²) in [6.07, 6.45) is 5.78. The van der Waals surface area contributed by atoms with E-state index in [9.17, 15) is 4.79 Å². The van der Waals surface area contributed by atoms with Crippen LogP contribution < -0.4 is 16.0 Å². The van der Waals surface area contributed by atoms with E-state index >= 15 is 0 Å². The van der Waals surface area contributed by atoms with Crippen molar-refractivity contribution in [3.05, 3.63) is 0 Å². The smallest absolute Gasteiger partial charge is 0.235 e. The molecule has 0 aliphatic heterocycles. The van der Waals surface area contributed by atoms with Crippen molar-refractivity contribution in [1.29, 1.82) is 0 Å². The van der Waals surface area contributed by atoms with E-state index in [1.165, 1.54) is 0 Å². The molecule has 92 valence electrons. The van der Waals surface area contributed by atoms with Crippen molar-refractivity contribution in [3.8, 4) is 0 Å². The summed E-state index contributed by atoms with van der Waals surface area (Å²) in [4.78, 5) is 14.0. The topological polar surface area (TPSA) is 65.5 Å². The quantitative estimate of drug-likeness (QED) is 0.350. The van der Waals surface area contributed by atoms with Crippen LogP contribution in [0, 0.1) is 0 Å². The first-order valence-corrected chi connectivity index (χ1v) is 5.76. The van der Waals surface area contributed by atoms with Crippen molar-refractivity contribution in [3.63, 3.8) is 0 Å². The molecule has 3 N–H and O–H groups in total. The van der Waals surface area contributed by atoms with Gasteiger partial charge in [-0.1, -0.05) is 0 Å². The Kier molecular flexibility index (Phi) is 4.62. The van der Waals surface area contributed by atoms with Crippen molar-refractivity contribution in [2.75, 3.05) is 27.7 Å². The van der Waals surface area contributed by atoms with Crippen molar-refractivity contribution in [1.82, 2.24) is 16.0 Å². The van der Waals surface area contributed by atoms with Crippen molar-refractivity contribution < 1.29 is 4.79 Å².